The monoisotopic (exact) mass is 326 g/mol. The highest BCUT2D eigenvalue weighted by atomic mass is 35.5. The number of nitrogens with two attached hydrogens (primary N) is 1. The molecular weight excluding hydrogens is 308 g/mol. The van der Waals surface area contributed by atoms with Crippen LogP contribution in [0.5, 0.6) is 0 Å². The zero-order chi connectivity index (χ0) is 15.2. The van der Waals surface area contributed by atoms with Gasteiger partial charge in [-0.25, -0.2) is 0 Å². The normalized spacial score (nSPS) is 11.0. The van der Waals surface area contributed by atoms with E-state index in [4.69, 9.17) is 22.1 Å². The Kier molecular flexibility index (Phi) is 5.85. The van der Waals surface area contributed by atoms with E-state index in [1.807, 2.05) is 6.07 Å². The Labute approximate surface area is 133 Å². The van der Waals surface area contributed by atoms with Crippen molar-refractivity contribution in [3.8, 4) is 0 Å². The lowest BCUT2D eigenvalue weighted by molar-refractivity contribution is 0.0917. The minimum absolute atomic E-state index is 0.163. The first-order valence-electron chi connectivity index (χ1n) is 6.97. The van der Waals surface area contributed by atoms with Crippen LogP contribution in [0.15, 0.2) is 18.2 Å². The van der Waals surface area contributed by atoms with Crippen LogP contribution in [-0.2, 0) is 4.74 Å². The smallest absolute Gasteiger partial charge is 0.263 e. The molecule has 0 fully saturated rings. The summed E-state index contributed by atoms with van der Waals surface area (Å²) in [6.07, 6.45) is 2.14. The van der Waals surface area contributed by atoms with Crippen molar-refractivity contribution in [2.75, 3.05) is 25.5 Å². The van der Waals surface area contributed by atoms with E-state index in [1.165, 1.54) is 11.3 Å². The van der Waals surface area contributed by atoms with Crippen molar-refractivity contribution in [3.05, 3.63) is 28.1 Å². The van der Waals surface area contributed by atoms with Gasteiger partial charge in [0.15, 0.2) is 0 Å². The molecule has 0 aliphatic heterocycles. The van der Waals surface area contributed by atoms with Crippen LogP contribution >= 0.6 is 22.9 Å². The number of rotatable bonds is 7. The lowest BCUT2D eigenvalue weighted by Gasteiger charge is -2.05. The molecule has 4 nitrogen and oxygen atoms in total. The number of hydrogen-bond acceptors (Lipinski definition) is 4. The van der Waals surface area contributed by atoms with Crippen LogP contribution in [0.25, 0.3) is 10.1 Å². The Morgan fingerprint density at radius 3 is 3.00 bits per heavy atom. The first kappa shape index (κ1) is 16.1. The van der Waals surface area contributed by atoms with Gasteiger partial charge in [0.2, 0.25) is 0 Å². The van der Waals surface area contributed by atoms with Gasteiger partial charge in [-0.1, -0.05) is 24.9 Å². The third-order valence-corrected chi connectivity index (χ3v) is 4.49. The number of carbonyl (C=O) groups excluding carboxylic acids is 1. The predicted molar refractivity (Wildman–Crippen MR) is 89.3 cm³/mol. The number of fused-ring (bicyclic) bond motifs is 1. The van der Waals surface area contributed by atoms with E-state index in [0.29, 0.717) is 28.7 Å². The number of halogens is 1. The summed E-state index contributed by atoms with van der Waals surface area (Å²) < 4.78 is 6.36. The van der Waals surface area contributed by atoms with Crippen molar-refractivity contribution in [1.82, 2.24) is 5.32 Å². The van der Waals surface area contributed by atoms with E-state index >= 15 is 0 Å². The summed E-state index contributed by atoms with van der Waals surface area (Å²) in [5.74, 6) is -0.163. The summed E-state index contributed by atoms with van der Waals surface area (Å²) in [6, 6.07) is 5.46. The number of nitrogens with one attached hydrogen (secondary N) is 1. The maximum Gasteiger partial charge on any atom is 0.263 e. The molecule has 0 aliphatic carbocycles. The molecule has 114 valence electrons. The molecule has 0 atom stereocenters. The number of carbonyl (C=O) groups is 1. The highest BCUT2D eigenvalue weighted by molar-refractivity contribution is 7.21. The van der Waals surface area contributed by atoms with Gasteiger partial charge in [0.05, 0.1) is 12.3 Å². The van der Waals surface area contributed by atoms with Crippen molar-refractivity contribution in [3.63, 3.8) is 0 Å². The SMILES string of the molecule is CCCCOCCNC(=O)c1sc2ccc(Cl)cc2c1N. The molecule has 1 aromatic carbocycles. The second kappa shape index (κ2) is 7.64. The maximum atomic E-state index is 12.1. The fourth-order valence-electron chi connectivity index (χ4n) is 1.92. The molecule has 6 heteroatoms. The van der Waals surface area contributed by atoms with Gasteiger partial charge < -0.3 is 15.8 Å². The molecular formula is C15H19ClN2O2S. The first-order chi connectivity index (χ1) is 10.1. The molecule has 1 heterocycles. The van der Waals surface area contributed by atoms with Crippen molar-refractivity contribution in [2.45, 2.75) is 19.8 Å². The Morgan fingerprint density at radius 1 is 1.43 bits per heavy atom. The number of amides is 1. The van der Waals surface area contributed by atoms with Crippen LogP contribution < -0.4 is 11.1 Å². The lowest BCUT2D eigenvalue weighted by Crippen LogP contribution is -2.27. The summed E-state index contributed by atoms with van der Waals surface area (Å²) >= 11 is 7.33. The summed E-state index contributed by atoms with van der Waals surface area (Å²) in [4.78, 5) is 12.7. The van der Waals surface area contributed by atoms with Gasteiger partial charge >= 0.3 is 0 Å². The van der Waals surface area contributed by atoms with Gasteiger partial charge in [0.25, 0.3) is 5.91 Å². The number of anilines is 1. The molecule has 0 aliphatic rings. The summed E-state index contributed by atoms with van der Waals surface area (Å²) in [6.45, 7) is 3.84. The molecule has 0 radical (unpaired) electrons. The van der Waals surface area contributed by atoms with E-state index in [1.54, 1.807) is 12.1 Å². The molecule has 21 heavy (non-hydrogen) atoms. The van der Waals surface area contributed by atoms with Crippen LogP contribution in [-0.4, -0.2) is 25.7 Å². The van der Waals surface area contributed by atoms with E-state index < -0.39 is 0 Å². The fraction of sp³-hybridized carbons (Fsp3) is 0.400. The average Bonchev–Trinajstić information content (AvgIpc) is 2.79. The maximum absolute atomic E-state index is 12.1. The minimum atomic E-state index is -0.163. The van der Waals surface area contributed by atoms with Crippen LogP contribution in [0.1, 0.15) is 29.4 Å². The summed E-state index contributed by atoms with van der Waals surface area (Å²) in [5.41, 5.74) is 6.53. The molecule has 0 unspecified atom stereocenters. The predicted octanol–water partition coefficient (Wildman–Crippen LogP) is 3.68. The average molecular weight is 327 g/mol. The molecule has 0 bridgehead atoms. The number of unbranched alkanes of at least 4 members (excludes halogenated alkanes) is 1. The third kappa shape index (κ3) is 4.09. The van der Waals surface area contributed by atoms with Gasteiger partial charge in [-0.3, -0.25) is 4.79 Å². The third-order valence-electron chi connectivity index (χ3n) is 3.07. The molecule has 1 aromatic heterocycles. The number of benzene rings is 1. The number of hydrogen-bond donors (Lipinski definition) is 2. The van der Waals surface area contributed by atoms with Gasteiger partial charge in [-0.15, -0.1) is 11.3 Å². The quantitative estimate of drug-likeness (QED) is 0.763. The molecule has 0 spiro atoms. The first-order valence-corrected chi connectivity index (χ1v) is 8.16. The fourth-order valence-corrected chi connectivity index (χ4v) is 3.11. The van der Waals surface area contributed by atoms with Crippen molar-refractivity contribution < 1.29 is 9.53 Å². The molecule has 2 rings (SSSR count). The number of thiophene rings is 1. The Bertz CT molecular complexity index is 627. The highest BCUT2D eigenvalue weighted by Crippen LogP contribution is 2.35. The topological polar surface area (TPSA) is 64.3 Å². The van der Waals surface area contributed by atoms with Crippen LogP contribution in [0.2, 0.25) is 5.02 Å². The largest absolute Gasteiger partial charge is 0.397 e. The number of nitrogen functional groups attached to an aromatic ring is 1. The standard InChI is InChI=1S/C15H19ClN2O2S/c1-2-3-7-20-8-6-18-15(19)14-13(17)11-9-10(16)4-5-12(11)21-14/h4-5,9H,2-3,6-8,17H2,1H3,(H,18,19). The Morgan fingerprint density at radius 2 is 2.24 bits per heavy atom. The molecule has 1 amide bonds. The van der Waals surface area contributed by atoms with E-state index in [-0.39, 0.29) is 5.91 Å². The van der Waals surface area contributed by atoms with E-state index in [2.05, 4.69) is 12.2 Å². The van der Waals surface area contributed by atoms with Crippen LogP contribution in [0, 0.1) is 0 Å². The Hall–Kier alpha value is -1.30. The van der Waals surface area contributed by atoms with Crippen molar-refractivity contribution in [2.24, 2.45) is 0 Å². The molecule has 0 saturated carbocycles. The minimum Gasteiger partial charge on any atom is -0.397 e. The van der Waals surface area contributed by atoms with Gasteiger partial charge in [0, 0.05) is 28.3 Å². The second-order valence-electron chi connectivity index (χ2n) is 4.71. The van der Waals surface area contributed by atoms with Gasteiger partial charge in [0.1, 0.15) is 4.88 Å². The number of ether oxygens (including phenoxy) is 1. The van der Waals surface area contributed by atoms with Crippen LogP contribution in [0.4, 0.5) is 5.69 Å². The zero-order valence-corrected chi connectivity index (χ0v) is 13.5. The van der Waals surface area contributed by atoms with Crippen LogP contribution in [0.3, 0.4) is 0 Å². The molecule has 2 aromatic rings. The van der Waals surface area contributed by atoms with Crippen molar-refractivity contribution in [1.29, 1.82) is 0 Å². The summed E-state index contributed by atoms with van der Waals surface area (Å²) in [5, 5.41) is 4.27. The molecule has 3 N–H and O–H groups in total. The van der Waals surface area contributed by atoms with Gasteiger partial charge in [-0.2, -0.15) is 0 Å². The second-order valence-corrected chi connectivity index (χ2v) is 6.20. The molecule has 0 saturated heterocycles. The summed E-state index contributed by atoms with van der Waals surface area (Å²) in [7, 11) is 0. The Balaban J connectivity index is 1.95. The zero-order valence-electron chi connectivity index (χ0n) is 11.9. The lowest BCUT2D eigenvalue weighted by atomic mass is 10.2. The van der Waals surface area contributed by atoms with Gasteiger partial charge in [-0.05, 0) is 24.6 Å². The highest BCUT2D eigenvalue weighted by Gasteiger charge is 2.16. The van der Waals surface area contributed by atoms with Crippen molar-refractivity contribution >= 4 is 44.6 Å². The van der Waals surface area contributed by atoms with E-state index in [0.717, 1.165) is 29.5 Å². The van der Waals surface area contributed by atoms with E-state index in [9.17, 15) is 4.79 Å².